The van der Waals surface area contributed by atoms with E-state index in [1.165, 1.54) is 6.07 Å². The van der Waals surface area contributed by atoms with Crippen molar-refractivity contribution in [2.24, 2.45) is 5.41 Å². The van der Waals surface area contributed by atoms with Crippen molar-refractivity contribution >= 4 is 12.1 Å². The molecule has 0 saturated heterocycles. The van der Waals surface area contributed by atoms with Crippen LogP contribution >= 0.6 is 0 Å². The highest BCUT2D eigenvalue weighted by atomic mass is 16.6. The van der Waals surface area contributed by atoms with Crippen molar-refractivity contribution in [3.8, 4) is 5.75 Å². The van der Waals surface area contributed by atoms with Crippen LogP contribution in [-0.2, 0) is 6.42 Å². The van der Waals surface area contributed by atoms with Crippen molar-refractivity contribution < 1.29 is 19.4 Å². The number of aromatic carboxylic acids is 1. The fraction of sp³-hybridized carbons (Fsp3) is 0.529. The Morgan fingerprint density at radius 2 is 1.77 bits per heavy atom. The van der Waals surface area contributed by atoms with Gasteiger partial charge in [0, 0.05) is 18.7 Å². The van der Waals surface area contributed by atoms with Gasteiger partial charge >= 0.3 is 12.1 Å². The van der Waals surface area contributed by atoms with Crippen molar-refractivity contribution in [1.82, 2.24) is 4.90 Å². The first-order chi connectivity index (χ1) is 10.2. The Bertz CT molecular complexity index is 542. The standard InChI is InChI=1S/C17H25NO4/c1-6-18(7-2)16(21)22-14-10-8-9-12(15(19)20)13(14)11-17(3,4)5/h8-10H,6-7,11H2,1-5H3,(H,19,20). The maximum Gasteiger partial charge on any atom is 0.415 e. The second-order valence-electron chi connectivity index (χ2n) is 6.37. The molecule has 5 nitrogen and oxygen atoms in total. The minimum Gasteiger partial charge on any atom is -0.478 e. The average Bonchev–Trinajstić information content (AvgIpc) is 2.40. The lowest BCUT2D eigenvalue weighted by Gasteiger charge is -2.23. The van der Waals surface area contributed by atoms with E-state index in [1.807, 2.05) is 34.6 Å². The third kappa shape index (κ3) is 4.76. The van der Waals surface area contributed by atoms with Crippen LogP contribution in [0.2, 0.25) is 0 Å². The van der Waals surface area contributed by atoms with Crippen molar-refractivity contribution in [2.45, 2.75) is 41.0 Å². The van der Waals surface area contributed by atoms with Crippen molar-refractivity contribution in [1.29, 1.82) is 0 Å². The van der Waals surface area contributed by atoms with Gasteiger partial charge in [-0.15, -0.1) is 0 Å². The third-order valence-corrected chi connectivity index (χ3v) is 3.29. The molecule has 122 valence electrons. The topological polar surface area (TPSA) is 66.8 Å². The van der Waals surface area contributed by atoms with E-state index >= 15 is 0 Å². The Hall–Kier alpha value is -2.04. The molecule has 0 aliphatic carbocycles. The molecule has 0 aromatic heterocycles. The van der Waals surface area contributed by atoms with Crippen LogP contribution in [0.1, 0.15) is 50.5 Å². The largest absolute Gasteiger partial charge is 0.478 e. The number of amides is 1. The normalized spacial score (nSPS) is 11.1. The van der Waals surface area contributed by atoms with E-state index in [-0.39, 0.29) is 11.0 Å². The van der Waals surface area contributed by atoms with Gasteiger partial charge < -0.3 is 14.7 Å². The van der Waals surface area contributed by atoms with E-state index in [0.717, 1.165) is 0 Å². The van der Waals surface area contributed by atoms with Crippen LogP contribution < -0.4 is 4.74 Å². The molecule has 0 atom stereocenters. The highest BCUT2D eigenvalue weighted by Gasteiger charge is 2.23. The molecule has 1 rings (SSSR count). The lowest BCUT2D eigenvalue weighted by Crippen LogP contribution is -2.33. The number of ether oxygens (including phenoxy) is 1. The Balaban J connectivity index is 3.21. The molecule has 0 unspecified atom stereocenters. The molecule has 0 heterocycles. The second-order valence-corrected chi connectivity index (χ2v) is 6.37. The smallest absolute Gasteiger partial charge is 0.415 e. The number of carboxylic acid groups (broad SMARTS) is 1. The summed E-state index contributed by atoms with van der Waals surface area (Å²) in [5.74, 6) is -0.688. The van der Waals surface area contributed by atoms with Crippen LogP contribution in [0.5, 0.6) is 5.75 Å². The Kier molecular flexibility index (Phi) is 5.97. The maximum absolute atomic E-state index is 12.1. The summed E-state index contributed by atoms with van der Waals surface area (Å²) in [5.41, 5.74) is 0.616. The van der Waals surface area contributed by atoms with Gasteiger partial charge in [-0.3, -0.25) is 0 Å². The van der Waals surface area contributed by atoms with Gasteiger partial charge in [0.1, 0.15) is 5.75 Å². The van der Waals surface area contributed by atoms with Crippen LogP contribution in [0.15, 0.2) is 18.2 Å². The second kappa shape index (κ2) is 7.29. The number of benzene rings is 1. The summed E-state index contributed by atoms with van der Waals surface area (Å²) in [6, 6.07) is 4.79. The molecule has 1 aromatic carbocycles. The molecule has 1 aromatic rings. The van der Waals surface area contributed by atoms with Gasteiger partial charge in [0.2, 0.25) is 0 Å². The number of rotatable bonds is 5. The lowest BCUT2D eigenvalue weighted by atomic mass is 9.86. The summed E-state index contributed by atoms with van der Waals surface area (Å²) in [5, 5.41) is 9.37. The molecule has 0 fully saturated rings. The molecule has 0 aliphatic heterocycles. The van der Waals surface area contributed by atoms with Crippen molar-refractivity contribution in [3.63, 3.8) is 0 Å². The van der Waals surface area contributed by atoms with E-state index < -0.39 is 12.1 Å². The highest BCUT2D eigenvalue weighted by molar-refractivity contribution is 5.90. The molecule has 1 N–H and O–H groups in total. The van der Waals surface area contributed by atoms with E-state index in [0.29, 0.717) is 30.8 Å². The van der Waals surface area contributed by atoms with E-state index in [2.05, 4.69) is 0 Å². The lowest BCUT2D eigenvalue weighted by molar-refractivity contribution is 0.0694. The average molecular weight is 307 g/mol. The number of nitrogens with zero attached hydrogens (tertiary/aromatic N) is 1. The zero-order valence-electron chi connectivity index (χ0n) is 14.0. The van der Waals surface area contributed by atoms with Crippen LogP contribution in [0, 0.1) is 5.41 Å². The molecule has 22 heavy (non-hydrogen) atoms. The van der Waals surface area contributed by atoms with E-state index in [4.69, 9.17) is 4.74 Å². The summed E-state index contributed by atoms with van der Waals surface area (Å²) in [6.45, 7) is 10.9. The van der Waals surface area contributed by atoms with Crippen LogP contribution in [0.4, 0.5) is 4.79 Å². The Labute approximate surface area is 131 Å². The molecule has 0 spiro atoms. The first-order valence-electron chi connectivity index (χ1n) is 7.51. The molecule has 0 bridgehead atoms. The van der Waals surface area contributed by atoms with Gasteiger partial charge in [0.05, 0.1) is 5.56 Å². The number of carbonyl (C=O) groups is 2. The van der Waals surface area contributed by atoms with Gasteiger partial charge in [-0.25, -0.2) is 9.59 Å². The fourth-order valence-corrected chi connectivity index (χ4v) is 2.21. The number of hydrogen-bond acceptors (Lipinski definition) is 3. The molecule has 5 heteroatoms. The summed E-state index contributed by atoms with van der Waals surface area (Å²) in [4.78, 5) is 25.1. The monoisotopic (exact) mass is 307 g/mol. The molecule has 1 amide bonds. The van der Waals surface area contributed by atoms with Gasteiger partial charge in [0.15, 0.2) is 0 Å². The zero-order chi connectivity index (χ0) is 16.9. The summed E-state index contributed by atoms with van der Waals surface area (Å²) in [7, 11) is 0. The Morgan fingerprint density at radius 1 is 1.18 bits per heavy atom. The van der Waals surface area contributed by atoms with E-state index in [9.17, 15) is 14.7 Å². The summed E-state index contributed by atoms with van der Waals surface area (Å²) >= 11 is 0. The number of carbonyl (C=O) groups excluding carboxylic acids is 1. The van der Waals surface area contributed by atoms with Gasteiger partial charge in [-0.1, -0.05) is 26.8 Å². The van der Waals surface area contributed by atoms with Crippen molar-refractivity contribution in [3.05, 3.63) is 29.3 Å². The van der Waals surface area contributed by atoms with Gasteiger partial charge in [0.25, 0.3) is 0 Å². The van der Waals surface area contributed by atoms with Gasteiger partial charge in [-0.05, 0) is 37.8 Å². The first-order valence-corrected chi connectivity index (χ1v) is 7.51. The highest BCUT2D eigenvalue weighted by Crippen LogP contribution is 2.30. The van der Waals surface area contributed by atoms with Gasteiger partial charge in [-0.2, -0.15) is 0 Å². The quantitative estimate of drug-likeness (QED) is 0.898. The zero-order valence-corrected chi connectivity index (χ0v) is 14.0. The Morgan fingerprint density at radius 3 is 2.23 bits per heavy atom. The predicted octanol–water partition coefficient (Wildman–Crippen LogP) is 3.81. The predicted molar refractivity (Wildman–Crippen MR) is 85.5 cm³/mol. The van der Waals surface area contributed by atoms with E-state index in [1.54, 1.807) is 17.0 Å². The number of hydrogen-bond donors (Lipinski definition) is 1. The first kappa shape index (κ1) is 18.0. The molecule has 0 radical (unpaired) electrons. The number of carboxylic acids is 1. The maximum atomic E-state index is 12.1. The summed E-state index contributed by atoms with van der Waals surface area (Å²) in [6.07, 6.45) is 0.0544. The summed E-state index contributed by atoms with van der Waals surface area (Å²) < 4.78 is 5.45. The minimum absolute atomic E-state index is 0.123. The molecular formula is C17H25NO4. The minimum atomic E-state index is -1.01. The van der Waals surface area contributed by atoms with Crippen molar-refractivity contribution in [2.75, 3.05) is 13.1 Å². The fourth-order valence-electron chi connectivity index (χ4n) is 2.21. The molecule has 0 aliphatic rings. The third-order valence-electron chi connectivity index (χ3n) is 3.29. The van der Waals surface area contributed by atoms with Crippen LogP contribution in [0.3, 0.4) is 0 Å². The molecular weight excluding hydrogens is 282 g/mol. The van der Waals surface area contributed by atoms with Crippen LogP contribution in [-0.4, -0.2) is 35.2 Å². The van der Waals surface area contributed by atoms with Crippen LogP contribution in [0.25, 0.3) is 0 Å². The SMILES string of the molecule is CCN(CC)C(=O)Oc1cccc(C(=O)O)c1CC(C)(C)C. The molecule has 0 saturated carbocycles.